The van der Waals surface area contributed by atoms with Gasteiger partial charge in [-0.25, -0.2) is 4.39 Å². The van der Waals surface area contributed by atoms with Gasteiger partial charge in [-0.1, -0.05) is 0 Å². The number of benzene rings is 1. The molecule has 1 aromatic rings. The molecule has 1 unspecified atom stereocenters. The van der Waals surface area contributed by atoms with Crippen LogP contribution in [-0.2, 0) is 9.47 Å². The molecule has 1 aliphatic heterocycles. The number of hydrogen-bond acceptors (Lipinski definition) is 3. The van der Waals surface area contributed by atoms with Gasteiger partial charge in [-0.15, -0.1) is 0 Å². The lowest BCUT2D eigenvalue weighted by Crippen LogP contribution is -2.34. The van der Waals surface area contributed by atoms with Crippen molar-refractivity contribution in [1.82, 2.24) is 0 Å². The van der Waals surface area contributed by atoms with E-state index in [4.69, 9.17) is 9.47 Å². The summed E-state index contributed by atoms with van der Waals surface area (Å²) >= 11 is 0. The van der Waals surface area contributed by atoms with Gasteiger partial charge in [0.15, 0.2) is 0 Å². The average molecular weight is 225 g/mol. The molecule has 0 aliphatic carbocycles. The van der Waals surface area contributed by atoms with Crippen molar-refractivity contribution in [3.05, 3.63) is 29.6 Å². The fourth-order valence-corrected chi connectivity index (χ4v) is 1.70. The highest BCUT2D eigenvalue weighted by Crippen LogP contribution is 2.16. The van der Waals surface area contributed by atoms with Crippen molar-refractivity contribution in [3.63, 3.8) is 0 Å². The Bertz CT molecular complexity index is 351. The standard InChI is InChI=1S/C12H16FNO2/c1-9-6-10(13)2-3-12(9)14-7-11-8-15-4-5-16-11/h2-3,6,11,14H,4-5,7-8H2,1H3. The highest BCUT2D eigenvalue weighted by molar-refractivity contribution is 5.50. The van der Waals surface area contributed by atoms with Crippen LogP contribution in [0.25, 0.3) is 0 Å². The van der Waals surface area contributed by atoms with Crippen LogP contribution in [-0.4, -0.2) is 32.5 Å². The predicted molar refractivity (Wildman–Crippen MR) is 60.2 cm³/mol. The van der Waals surface area contributed by atoms with Crippen LogP contribution < -0.4 is 5.32 Å². The highest BCUT2D eigenvalue weighted by atomic mass is 19.1. The second-order valence-corrected chi connectivity index (χ2v) is 3.91. The second kappa shape index (κ2) is 5.27. The summed E-state index contributed by atoms with van der Waals surface area (Å²) in [6, 6.07) is 4.71. The molecule has 0 saturated carbocycles. The third kappa shape index (κ3) is 2.93. The molecular formula is C12H16FNO2. The molecule has 16 heavy (non-hydrogen) atoms. The van der Waals surface area contributed by atoms with E-state index in [0.29, 0.717) is 26.4 Å². The van der Waals surface area contributed by atoms with Crippen molar-refractivity contribution in [3.8, 4) is 0 Å². The molecule has 0 bridgehead atoms. The number of ether oxygens (including phenoxy) is 2. The van der Waals surface area contributed by atoms with Gasteiger partial charge in [0.2, 0.25) is 0 Å². The molecule has 0 spiro atoms. The molecule has 1 atom stereocenters. The maximum absolute atomic E-state index is 12.9. The fraction of sp³-hybridized carbons (Fsp3) is 0.500. The molecule has 3 nitrogen and oxygen atoms in total. The van der Waals surface area contributed by atoms with Crippen LogP contribution in [0.15, 0.2) is 18.2 Å². The highest BCUT2D eigenvalue weighted by Gasteiger charge is 2.14. The van der Waals surface area contributed by atoms with Crippen LogP contribution in [0, 0.1) is 12.7 Å². The summed E-state index contributed by atoms with van der Waals surface area (Å²) in [5, 5.41) is 3.24. The topological polar surface area (TPSA) is 30.5 Å². The van der Waals surface area contributed by atoms with Gasteiger partial charge in [0.05, 0.1) is 25.9 Å². The quantitative estimate of drug-likeness (QED) is 0.853. The van der Waals surface area contributed by atoms with E-state index < -0.39 is 0 Å². The van der Waals surface area contributed by atoms with Gasteiger partial charge in [-0.2, -0.15) is 0 Å². The van der Waals surface area contributed by atoms with Crippen molar-refractivity contribution in [2.24, 2.45) is 0 Å². The van der Waals surface area contributed by atoms with Crippen LogP contribution in [0.5, 0.6) is 0 Å². The largest absolute Gasteiger partial charge is 0.382 e. The normalized spacial score (nSPS) is 20.8. The van der Waals surface area contributed by atoms with Crippen LogP contribution >= 0.6 is 0 Å². The monoisotopic (exact) mass is 225 g/mol. The number of aryl methyl sites for hydroxylation is 1. The number of nitrogens with one attached hydrogen (secondary N) is 1. The number of rotatable bonds is 3. The van der Waals surface area contributed by atoms with Crippen molar-refractivity contribution in [2.45, 2.75) is 13.0 Å². The number of anilines is 1. The lowest BCUT2D eigenvalue weighted by Gasteiger charge is -2.23. The zero-order chi connectivity index (χ0) is 11.4. The van der Waals surface area contributed by atoms with E-state index in [1.165, 1.54) is 12.1 Å². The molecule has 1 N–H and O–H groups in total. The lowest BCUT2D eigenvalue weighted by atomic mass is 10.2. The van der Waals surface area contributed by atoms with Gasteiger partial charge in [-0.05, 0) is 30.7 Å². The molecule has 0 radical (unpaired) electrons. The molecule has 0 amide bonds. The minimum Gasteiger partial charge on any atom is -0.382 e. The molecule has 0 aromatic heterocycles. The van der Waals surface area contributed by atoms with E-state index in [-0.39, 0.29) is 11.9 Å². The maximum Gasteiger partial charge on any atom is 0.123 e. The van der Waals surface area contributed by atoms with Crippen molar-refractivity contribution in [1.29, 1.82) is 0 Å². The Kier molecular flexibility index (Phi) is 3.74. The molecular weight excluding hydrogens is 209 g/mol. The summed E-state index contributed by atoms with van der Waals surface area (Å²) in [7, 11) is 0. The van der Waals surface area contributed by atoms with Gasteiger partial charge in [0, 0.05) is 12.2 Å². The zero-order valence-corrected chi connectivity index (χ0v) is 9.33. The fourth-order valence-electron chi connectivity index (χ4n) is 1.70. The summed E-state index contributed by atoms with van der Waals surface area (Å²) in [6.45, 7) is 4.50. The van der Waals surface area contributed by atoms with Crippen molar-refractivity contribution >= 4 is 5.69 Å². The summed E-state index contributed by atoms with van der Waals surface area (Å²) < 4.78 is 23.7. The average Bonchev–Trinajstić information content (AvgIpc) is 2.29. The Balaban J connectivity index is 1.88. The van der Waals surface area contributed by atoms with Crippen LogP contribution in [0.2, 0.25) is 0 Å². The predicted octanol–water partition coefficient (Wildman–Crippen LogP) is 1.96. The number of hydrogen-bond donors (Lipinski definition) is 1. The first-order chi connectivity index (χ1) is 7.75. The Hall–Kier alpha value is -1.13. The van der Waals surface area contributed by atoms with Gasteiger partial charge in [0.25, 0.3) is 0 Å². The van der Waals surface area contributed by atoms with E-state index >= 15 is 0 Å². The molecule has 4 heteroatoms. The SMILES string of the molecule is Cc1cc(F)ccc1NCC1COCCO1. The summed E-state index contributed by atoms with van der Waals surface area (Å²) in [6.07, 6.45) is 0.0817. The Labute approximate surface area is 94.6 Å². The van der Waals surface area contributed by atoms with Crippen LogP contribution in [0.1, 0.15) is 5.56 Å². The van der Waals surface area contributed by atoms with Gasteiger partial charge in [0.1, 0.15) is 5.82 Å². The minimum absolute atomic E-state index is 0.0817. The molecule has 1 saturated heterocycles. The van der Waals surface area contributed by atoms with Crippen LogP contribution in [0.4, 0.5) is 10.1 Å². The van der Waals surface area contributed by atoms with Gasteiger partial charge >= 0.3 is 0 Å². The van der Waals surface area contributed by atoms with E-state index in [1.54, 1.807) is 6.07 Å². The van der Waals surface area contributed by atoms with Crippen molar-refractivity contribution in [2.75, 3.05) is 31.7 Å². The molecule has 88 valence electrons. The Morgan fingerprint density at radius 3 is 3.00 bits per heavy atom. The van der Waals surface area contributed by atoms with E-state index in [0.717, 1.165) is 11.3 Å². The third-order valence-electron chi connectivity index (χ3n) is 2.59. The van der Waals surface area contributed by atoms with Gasteiger partial charge < -0.3 is 14.8 Å². The second-order valence-electron chi connectivity index (χ2n) is 3.91. The van der Waals surface area contributed by atoms with E-state index in [9.17, 15) is 4.39 Å². The Morgan fingerprint density at radius 2 is 2.31 bits per heavy atom. The molecule has 1 fully saturated rings. The number of halogens is 1. The van der Waals surface area contributed by atoms with E-state index in [1.807, 2.05) is 6.92 Å². The van der Waals surface area contributed by atoms with Gasteiger partial charge in [-0.3, -0.25) is 0 Å². The lowest BCUT2D eigenvalue weighted by molar-refractivity contribution is -0.0818. The summed E-state index contributed by atoms with van der Waals surface area (Å²) in [4.78, 5) is 0. The summed E-state index contributed by atoms with van der Waals surface area (Å²) in [5.74, 6) is -0.208. The maximum atomic E-state index is 12.9. The van der Waals surface area contributed by atoms with E-state index in [2.05, 4.69) is 5.32 Å². The molecule has 1 aromatic carbocycles. The molecule has 2 rings (SSSR count). The zero-order valence-electron chi connectivity index (χ0n) is 9.33. The Morgan fingerprint density at radius 1 is 1.44 bits per heavy atom. The molecule has 1 aliphatic rings. The smallest absolute Gasteiger partial charge is 0.123 e. The first kappa shape index (κ1) is 11.4. The van der Waals surface area contributed by atoms with Crippen molar-refractivity contribution < 1.29 is 13.9 Å². The first-order valence-electron chi connectivity index (χ1n) is 5.45. The first-order valence-corrected chi connectivity index (χ1v) is 5.45. The minimum atomic E-state index is -0.208. The van der Waals surface area contributed by atoms with Crippen LogP contribution in [0.3, 0.4) is 0 Å². The molecule has 1 heterocycles. The summed E-state index contributed by atoms with van der Waals surface area (Å²) in [5.41, 5.74) is 1.84. The third-order valence-corrected chi connectivity index (χ3v) is 2.59.